The first-order chi connectivity index (χ1) is 14.3. The molecule has 0 saturated carbocycles. The monoisotopic (exact) mass is 436 g/mol. The number of anilines is 2. The Morgan fingerprint density at radius 1 is 1.23 bits per heavy atom. The number of hydrogen-bond acceptors (Lipinski definition) is 5. The topological polar surface area (TPSA) is 87.9 Å². The van der Waals surface area contributed by atoms with Gasteiger partial charge in [-0.2, -0.15) is 0 Å². The summed E-state index contributed by atoms with van der Waals surface area (Å²) in [6.45, 7) is 14.9. The fourth-order valence-corrected chi connectivity index (χ4v) is 3.70. The standard InChI is InChI=1S/C23H37FN4O3/c1-22(2,3)14-27(15-23(4,5)6)19(12-25)21(30)26-18-8-7-16(11-17(18)24)28-9-10-31-13-20(28)29/h7-8,11,19H,9-10,12-15,25H2,1-6H3,(H,26,30)/t19-/m0/s1. The van der Waals surface area contributed by atoms with Crippen molar-refractivity contribution in [1.82, 2.24) is 4.90 Å². The predicted molar refractivity (Wildman–Crippen MR) is 122 cm³/mol. The number of ether oxygens (including phenoxy) is 1. The first kappa shape index (κ1) is 25.2. The summed E-state index contributed by atoms with van der Waals surface area (Å²) in [6, 6.07) is 3.79. The molecule has 1 aromatic rings. The lowest BCUT2D eigenvalue weighted by Crippen LogP contribution is -2.53. The van der Waals surface area contributed by atoms with Crippen LogP contribution in [0, 0.1) is 16.6 Å². The Kier molecular flexibility index (Phi) is 8.19. The van der Waals surface area contributed by atoms with E-state index < -0.39 is 11.9 Å². The number of nitrogens with one attached hydrogen (secondary N) is 1. The normalized spacial score (nSPS) is 16.5. The summed E-state index contributed by atoms with van der Waals surface area (Å²) in [7, 11) is 0. The molecule has 1 atom stereocenters. The molecule has 7 nitrogen and oxygen atoms in total. The Labute approximate surface area is 185 Å². The smallest absolute Gasteiger partial charge is 0.253 e. The van der Waals surface area contributed by atoms with Crippen molar-refractivity contribution >= 4 is 23.2 Å². The van der Waals surface area contributed by atoms with Crippen molar-refractivity contribution in [2.24, 2.45) is 16.6 Å². The van der Waals surface area contributed by atoms with Crippen molar-refractivity contribution in [3.05, 3.63) is 24.0 Å². The van der Waals surface area contributed by atoms with Crippen molar-refractivity contribution in [3.63, 3.8) is 0 Å². The third kappa shape index (κ3) is 7.55. The molecule has 1 heterocycles. The number of rotatable bonds is 7. The highest BCUT2D eigenvalue weighted by Gasteiger charge is 2.31. The van der Waals surface area contributed by atoms with Crippen molar-refractivity contribution < 1.29 is 18.7 Å². The lowest BCUT2D eigenvalue weighted by molar-refractivity contribution is -0.125. The molecule has 1 aliphatic rings. The van der Waals surface area contributed by atoms with Gasteiger partial charge in [-0.15, -0.1) is 0 Å². The van der Waals surface area contributed by atoms with Gasteiger partial charge in [0.1, 0.15) is 18.5 Å². The number of morpholine rings is 1. The highest BCUT2D eigenvalue weighted by Crippen LogP contribution is 2.26. The van der Waals surface area contributed by atoms with Crippen molar-refractivity contribution in [3.8, 4) is 0 Å². The summed E-state index contributed by atoms with van der Waals surface area (Å²) in [5.74, 6) is -1.16. The van der Waals surface area contributed by atoms with Crippen LogP contribution in [0.4, 0.5) is 15.8 Å². The van der Waals surface area contributed by atoms with Crippen LogP contribution in [0.5, 0.6) is 0 Å². The molecule has 0 aliphatic carbocycles. The fourth-order valence-electron chi connectivity index (χ4n) is 3.70. The molecule has 1 aromatic carbocycles. The average Bonchev–Trinajstić information content (AvgIpc) is 2.61. The van der Waals surface area contributed by atoms with Crippen LogP contribution in [0.1, 0.15) is 41.5 Å². The van der Waals surface area contributed by atoms with E-state index in [-0.39, 0.29) is 41.5 Å². The number of amides is 2. The maximum absolute atomic E-state index is 14.8. The van der Waals surface area contributed by atoms with E-state index in [1.807, 2.05) is 0 Å². The van der Waals surface area contributed by atoms with Gasteiger partial charge < -0.3 is 20.7 Å². The molecule has 1 saturated heterocycles. The molecule has 0 unspecified atom stereocenters. The van der Waals surface area contributed by atoms with E-state index in [1.165, 1.54) is 17.0 Å². The van der Waals surface area contributed by atoms with Gasteiger partial charge in [-0.05, 0) is 29.0 Å². The molecule has 3 N–H and O–H groups in total. The minimum absolute atomic E-state index is 0.0182. The molecular weight excluding hydrogens is 399 g/mol. The van der Waals surface area contributed by atoms with E-state index in [2.05, 4.69) is 51.8 Å². The lowest BCUT2D eigenvalue weighted by Gasteiger charge is -2.38. The molecule has 1 fully saturated rings. The molecule has 31 heavy (non-hydrogen) atoms. The molecule has 0 spiro atoms. The van der Waals surface area contributed by atoms with Crippen LogP contribution in [-0.4, -0.2) is 62.1 Å². The Morgan fingerprint density at radius 3 is 2.32 bits per heavy atom. The first-order valence-electron chi connectivity index (χ1n) is 10.7. The van der Waals surface area contributed by atoms with Gasteiger partial charge in [-0.3, -0.25) is 14.5 Å². The Balaban J connectivity index is 2.19. The molecule has 0 aromatic heterocycles. The van der Waals surface area contributed by atoms with Gasteiger partial charge in [0.15, 0.2) is 0 Å². The van der Waals surface area contributed by atoms with Crippen LogP contribution >= 0.6 is 0 Å². The zero-order valence-electron chi connectivity index (χ0n) is 19.6. The second kappa shape index (κ2) is 10.1. The Morgan fingerprint density at radius 2 is 1.84 bits per heavy atom. The van der Waals surface area contributed by atoms with E-state index in [0.717, 1.165) is 0 Å². The predicted octanol–water partition coefficient (Wildman–Crippen LogP) is 2.85. The molecule has 2 amide bonds. The van der Waals surface area contributed by atoms with Gasteiger partial charge in [0.2, 0.25) is 5.91 Å². The minimum atomic E-state index is -0.598. The Bertz CT molecular complexity index is 770. The zero-order valence-corrected chi connectivity index (χ0v) is 19.6. The lowest BCUT2D eigenvalue weighted by atomic mass is 9.91. The van der Waals surface area contributed by atoms with E-state index in [9.17, 15) is 14.0 Å². The van der Waals surface area contributed by atoms with Crippen molar-refractivity contribution in [1.29, 1.82) is 0 Å². The van der Waals surface area contributed by atoms with Crippen LogP contribution in [-0.2, 0) is 14.3 Å². The number of carbonyl (C=O) groups is 2. The number of nitrogens with zero attached hydrogens (tertiary/aromatic N) is 2. The summed E-state index contributed by atoms with van der Waals surface area (Å²) in [5, 5.41) is 2.69. The second-order valence-corrected chi connectivity index (χ2v) is 10.5. The third-order valence-electron chi connectivity index (χ3n) is 4.83. The van der Waals surface area contributed by atoms with E-state index in [1.54, 1.807) is 6.07 Å². The first-order valence-corrected chi connectivity index (χ1v) is 10.7. The number of nitrogens with two attached hydrogens (primary N) is 1. The van der Waals surface area contributed by atoms with Gasteiger partial charge in [0.05, 0.1) is 12.3 Å². The maximum atomic E-state index is 14.8. The molecule has 0 radical (unpaired) electrons. The number of carbonyl (C=O) groups excluding carboxylic acids is 2. The fraction of sp³-hybridized carbons (Fsp3) is 0.652. The second-order valence-electron chi connectivity index (χ2n) is 10.5. The summed E-state index contributed by atoms with van der Waals surface area (Å²) in [4.78, 5) is 28.6. The number of hydrogen-bond donors (Lipinski definition) is 2. The van der Waals surface area contributed by atoms with Gasteiger partial charge in [0.25, 0.3) is 5.91 Å². The summed E-state index contributed by atoms with van der Waals surface area (Å²) >= 11 is 0. The SMILES string of the molecule is CC(C)(C)CN(CC(C)(C)C)[C@@H](CN)C(=O)Nc1ccc(N2CCOCC2=O)cc1F. The molecular formula is C23H37FN4O3. The molecule has 1 aliphatic heterocycles. The minimum Gasteiger partial charge on any atom is -0.370 e. The van der Waals surface area contributed by atoms with Crippen LogP contribution in [0.2, 0.25) is 0 Å². The third-order valence-corrected chi connectivity index (χ3v) is 4.83. The van der Waals surface area contributed by atoms with Crippen LogP contribution < -0.4 is 16.0 Å². The van der Waals surface area contributed by atoms with Gasteiger partial charge in [0, 0.05) is 31.9 Å². The van der Waals surface area contributed by atoms with Gasteiger partial charge in [-0.25, -0.2) is 4.39 Å². The van der Waals surface area contributed by atoms with Crippen LogP contribution in [0.25, 0.3) is 0 Å². The molecule has 2 rings (SSSR count). The van der Waals surface area contributed by atoms with Crippen LogP contribution in [0.15, 0.2) is 18.2 Å². The maximum Gasteiger partial charge on any atom is 0.253 e. The molecule has 174 valence electrons. The largest absolute Gasteiger partial charge is 0.370 e. The quantitative estimate of drug-likeness (QED) is 0.686. The van der Waals surface area contributed by atoms with Crippen molar-refractivity contribution in [2.75, 3.05) is 49.6 Å². The van der Waals surface area contributed by atoms with Gasteiger partial charge in [-0.1, -0.05) is 41.5 Å². The van der Waals surface area contributed by atoms with Crippen molar-refractivity contribution in [2.45, 2.75) is 47.6 Å². The summed E-state index contributed by atoms with van der Waals surface area (Å²) in [6.07, 6.45) is 0. The van der Waals surface area contributed by atoms with Crippen LogP contribution in [0.3, 0.4) is 0 Å². The van der Waals surface area contributed by atoms with E-state index in [0.29, 0.717) is 31.9 Å². The highest BCUT2D eigenvalue weighted by molar-refractivity contribution is 5.97. The summed E-state index contributed by atoms with van der Waals surface area (Å²) < 4.78 is 19.9. The number of halogens is 1. The van der Waals surface area contributed by atoms with Gasteiger partial charge >= 0.3 is 0 Å². The average molecular weight is 437 g/mol. The number of benzene rings is 1. The zero-order chi connectivity index (χ0) is 23.4. The summed E-state index contributed by atoms with van der Waals surface area (Å²) in [5.41, 5.74) is 6.44. The highest BCUT2D eigenvalue weighted by atomic mass is 19.1. The van der Waals surface area contributed by atoms with E-state index in [4.69, 9.17) is 10.5 Å². The Hall–Kier alpha value is -2.03. The molecule has 0 bridgehead atoms. The molecule has 8 heteroatoms. The van der Waals surface area contributed by atoms with E-state index >= 15 is 0 Å².